The van der Waals surface area contributed by atoms with E-state index in [2.05, 4.69) is 9.97 Å². The van der Waals surface area contributed by atoms with Crippen molar-refractivity contribution in [1.29, 1.82) is 0 Å². The number of aliphatic carboxylic acids is 1. The molecular formula is C24H33N5O6. The van der Waals surface area contributed by atoms with Crippen LogP contribution in [0.2, 0.25) is 0 Å². The maximum absolute atomic E-state index is 13.8. The van der Waals surface area contributed by atoms with Gasteiger partial charge in [0.1, 0.15) is 23.5 Å². The van der Waals surface area contributed by atoms with Gasteiger partial charge in [-0.05, 0) is 47.0 Å². The van der Waals surface area contributed by atoms with Crippen molar-refractivity contribution in [2.45, 2.75) is 78.1 Å². The summed E-state index contributed by atoms with van der Waals surface area (Å²) in [7, 11) is 1.45. The Morgan fingerprint density at radius 2 is 1.83 bits per heavy atom. The summed E-state index contributed by atoms with van der Waals surface area (Å²) in [5, 5.41) is 9.64. The maximum Gasteiger partial charge on any atom is 0.410 e. The van der Waals surface area contributed by atoms with Crippen LogP contribution in [0, 0.1) is 6.92 Å². The van der Waals surface area contributed by atoms with E-state index in [4.69, 9.17) is 9.47 Å². The van der Waals surface area contributed by atoms with Crippen LogP contribution in [0.25, 0.3) is 11.2 Å². The quantitative estimate of drug-likeness (QED) is 0.676. The Morgan fingerprint density at radius 3 is 2.37 bits per heavy atom. The molecule has 1 amide bonds. The van der Waals surface area contributed by atoms with Gasteiger partial charge in [-0.15, -0.1) is 0 Å². The van der Waals surface area contributed by atoms with Gasteiger partial charge in [0, 0.05) is 24.8 Å². The van der Waals surface area contributed by atoms with Crippen molar-refractivity contribution in [1.82, 2.24) is 19.4 Å². The molecule has 190 valence electrons. The van der Waals surface area contributed by atoms with Crippen molar-refractivity contribution < 1.29 is 24.2 Å². The molecule has 0 radical (unpaired) electrons. The second-order valence-electron chi connectivity index (χ2n) is 10.0. The Hall–Kier alpha value is -3.37. The minimum Gasteiger partial charge on any atom is -0.480 e. The third kappa shape index (κ3) is 4.39. The smallest absolute Gasteiger partial charge is 0.410 e. The summed E-state index contributed by atoms with van der Waals surface area (Å²) in [5.41, 5.74) is 0.904. The van der Waals surface area contributed by atoms with Crippen molar-refractivity contribution in [3.8, 4) is 5.88 Å². The highest BCUT2D eigenvalue weighted by molar-refractivity contribution is 5.80. The Morgan fingerprint density at radius 1 is 1.14 bits per heavy atom. The summed E-state index contributed by atoms with van der Waals surface area (Å²) < 4.78 is 12.5. The number of hydrogen-bond acceptors (Lipinski definition) is 8. The summed E-state index contributed by atoms with van der Waals surface area (Å²) >= 11 is 0. The molecule has 35 heavy (non-hydrogen) atoms. The first-order valence-electron chi connectivity index (χ1n) is 11.9. The summed E-state index contributed by atoms with van der Waals surface area (Å²) in [4.78, 5) is 51.1. The SMILES string of the molecule is CCc1c(N2CCN(C(=O)OC(C)(C)C)[C@H]3CCC32)c(=O)c2nc(OC)c(C)nc2n1CC(=O)O. The van der Waals surface area contributed by atoms with Gasteiger partial charge in [0.15, 0.2) is 11.2 Å². The van der Waals surface area contributed by atoms with Crippen molar-refractivity contribution in [2.24, 2.45) is 0 Å². The Balaban J connectivity index is 1.83. The molecule has 2 atom stereocenters. The molecule has 1 aliphatic carbocycles. The first kappa shape index (κ1) is 24.7. The molecule has 11 heteroatoms. The minimum atomic E-state index is -1.04. The highest BCUT2D eigenvalue weighted by Crippen LogP contribution is 2.38. The number of piperazine rings is 1. The van der Waals surface area contributed by atoms with Crippen LogP contribution in [-0.4, -0.2) is 74.5 Å². The number of carbonyl (C=O) groups is 2. The third-order valence-corrected chi connectivity index (χ3v) is 6.61. The number of anilines is 1. The average molecular weight is 488 g/mol. The van der Waals surface area contributed by atoms with E-state index in [-0.39, 0.29) is 47.2 Å². The first-order valence-corrected chi connectivity index (χ1v) is 11.9. The van der Waals surface area contributed by atoms with Crippen molar-refractivity contribution in [2.75, 3.05) is 25.1 Å². The van der Waals surface area contributed by atoms with Crippen LogP contribution in [0.5, 0.6) is 5.88 Å². The number of aryl methyl sites for hydroxylation is 1. The number of carboxylic acid groups (broad SMARTS) is 1. The van der Waals surface area contributed by atoms with Crippen LogP contribution in [0.1, 0.15) is 51.9 Å². The van der Waals surface area contributed by atoms with Gasteiger partial charge in [-0.25, -0.2) is 14.8 Å². The number of nitrogens with zero attached hydrogens (tertiary/aromatic N) is 5. The molecule has 1 saturated carbocycles. The maximum atomic E-state index is 13.8. The molecule has 1 N–H and O–H groups in total. The van der Waals surface area contributed by atoms with E-state index in [1.807, 2.05) is 32.6 Å². The number of methoxy groups -OCH3 is 1. The lowest BCUT2D eigenvalue weighted by Crippen LogP contribution is -2.67. The largest absolute Gasteiger partial charge is 0.480 e. The standard InChI is InChI=1S/C24H33N5O6/c1-7-14-19(27-10-11-28(16-9-8-15(16)27)23(33)35-24(3,4)5)20(32)18-21(29(14)12-17(30)31)25-13(2)22(26-18)34-6/h15-16H,7-12H2,1-6H3,(H,30,31)/t15?,16-/m0/s1. The summed E-state index contributed by atoms with van der Waals surface area (Å²) in [6.45, 7) is 9.59. The number of fused-ring (bicyclic) bond motifs is 2. The van der Waals surface area contributed by atoms with Crippen molar-refractivity contribution in [3.63, 3.8) is 0 Å². The Bertz CT molecular complexity index is 1230. The van der Waals surface area contributed by atoms with E-state index < -0.39 is 11.6 Å². The highest BCUT2D eigenvalue weighted by Gasteiger charge is 2.47. The predicted molar refractivity (Wildman–Crippen MR) is 129 cm³/mol. The molecule has 0 aromatic carbocycles. The fourth-order valence-electron chi connectivity index (χ4n) is 5.05. The Labute approximate surface area is 203 Å². The number of ether oxygens (including phenoxy) is 2. The monoisotopic (exact) mass is 487 g/mol. The number of rotatable bonds is 5. The summed E-state index contributed by atoms with van der Waals surface area (Å²) in [6, 6.07) is -0.143. The molecule has 1 saturated heterocycles. The van der Waals surface area contributed by atoms with E-state index >= 15 is 0 Å². The summed E-state index contributed by atoms with van der Waals surface area (Å²) in [6.07, 6.45) is 1.71. The van der Waals surface area contributed by atoms with Crippen LogP contribution < -0.4 is 15.1 Å². The number of carboxylic acids is 1. The number of aromatic nitrogens is 3. The Kier molecular flexibility index (Phi) is 6.37. The number of amides is 1. The van der Waals surface area contributed by atoms with Crippen molar-refractivity contribution >= 4 is 28.9 Å². The van der Waals surface area contributed by atoms with Gasteiger partial charge < -0.3 is 28.9 Å². The van der Waals surface area contributed by atoms with E-state index in [1.54, 1.807) is 16.4 Å². The van der Waals surface area contributed by atoms with Crippen LogP contribution in [0.4, 0.5) is 10.5 Å². The molecule has 2 fully saturated rings. The second-order valence-corrected chi connectivity index (χ2v) is 10.0. The average Bonchev–Trinajstić information content (AvgIpc) is 2.74. The van der Waals surface area contributed by atoms with E-state index in [9.17, 15) is 19.5 Å². The number of carbonyl (C=O) groups excluding carboxylic acids is 1. The molecule has 1 aliphatic heterocycles. The molecule has 0 spiro atoms. The molecule has 2 aliphatic rings. The van der Waals surface area contributed by atoms with Crippen LogP contribution in [0.15, 0.2) is 4.79 Å². The molecule has 1 unspecified atom stereocenters. The molecular weight excluding hydrogens is 454 g/mol. The predicted octanol–water partition coefficient (Wildman–Crippen LogP) is 2.34. The first-order chi connectivity index (χ1) is 16.5. The molecule has 0 bridgehead atoms. The zero-order valence-electron chi connectivity index (χ0n) is 21.1. The van der Waals surface area contributed by atoms with Gasteiger partial charge in [0.25, 0.3) is 0 Å². The van der Waals surface area contributed by atoms with Crippen LogP contribution in [-0.2, 0) is 22.5 Å². The van der Waals surface area contributed by atoms with Crippen molar-refractivity contribution in [3.05, 3.63) is 21.6 Å². The van der Waals surface area contributed by atoms with E-state index in [0.717, 1.165) is 12.8 Å². The number of pyridine rings is 1. The fraction of sp³-hybridized carbons (Fsp3) is 0.625. The lowest BCUT2D eigenvalue weighted by Gasteiger charge is -2.54. The third-order valence-electron chi connectivity index (χ3n) is 6.61. The molecule has 3 heterocycles. The normalized spacial score (nSPS) is 19.8. The molecule has 2 aromatic heterocycles. The van der Waals surface area contributed by atoms with Gasteiger partial charge in [-0.1, -0.05) is 6.92 Å². The topological polar surface area (TPSA) is 127 Å². The van der Waals surface area contributed by atoms with E-state index in [1.165, 1.54) is 7.11 Å². The zero-order chi connectivity index (χ0) is 25.7. The minimum absolute atomic E-state index is 0.0645. The second kappa shape index (κ2) is 9.01. The fourth-order valence-corrected chi connectivity index (χ4v) is 5.05. The van der Waals surface area contributed by atoms with Gasteiger partial charge >= 0.3 is 12.1 Å². The van der Waals surface area contributed by atoms with Gasteiger partial charge in [-0.2, -0.15) is 0 Å². The number of hydrogen-bond donors (Lipinski definition) is 1. The zero-order valence-corrected chi connectivity index (χ0v) is 21.1. The van der Waals surface area contributed by atoms with Crippen LogP contribution >= 0.6 is 0 Å². The lowest BCUT2D eigenvalue weighted by atomic mass is 9.81. The van der Waals surface area contributed by atoms with Gasteiger partial charge in [0.2, 0.25) is 11.3 Å². The lowest BCUT2D eigenvalue weighted by molar-refractivity contribution is -0.137. The van der Waals surface area contributed by atoms with Gasteiger partial charge in [-0.3, -0.25) is 9.59 Å². The van der Waals surface area contributed by atoms with Crippen LogP contribution in [0.3, 0.4) is 0 Å². The summed E-state index contributed by atoms with van der Waals surface area (Å²) in [5.74, 6) is -0.815. The van der Waals surface area contributed by atoms with Gasteiger partial charge in [0.05, 0.1) is 13.2 Å². The molecule has 4 rings (SSSR count). The highest BCUT2D eigenvalue weighted by atomic mass is 16.6. The molecule has 11 nitrogen and oxygen atoms in total. The van der Waals surface area contributed by atoms with E-state index in [0.29, 0.717) is 36.6 Å². The molecule has 2 aromatic rings.